The van der Waals surface area contributed by atoms with Gasteiger partial charge in [0.1, 0.15) is 11.2 Å². The molecular weight excluding hydrogens is 796 g/mol. The molecule has 1 radical (unpaired) electrons. The number of nitrogens with one attached hydrogen (secondary N) is 1. The Balaban J connectivity index is 1.13. The van der Waals surface area contributed by atoms with Crippen molar-refractivity contribution in [2.45, 2.75) is 31.6 Å². The van der Waals surface area contributed by atoms with Gasteiger partial charge in [-0.25, -0.2) is 0 Å². The van der Waals surface area contributed by atoms with E-state index in [4.69, 9.17) is 4.42 Å². The molecule has 0 saturated carbocycles. The number of thiophene rings is 1. The van der Waals surface area contributed by atoms with Gasteiger partial charge in [-0.15, -0.1) is 11.3 Å². The summed E-state index contributed by atoms with van der Waals surface area (Å²) >= 11 is 1.86. The van der Waals surface area contributed by atoms with Gasteiger partial charge < -0.3 is 14.6 Å². The molecule has 0 spiro atoms. The van der Waals surface area contributed by atoms with Crippen LogP contribution in [0.15, 0.2) is 199 Å². The predicted molar refractivity (Wildman–Crippen MR) is 272 cm³/mol. The van der Waals surface area contributed by atoms with Crippen molar-refractivity contribution in [3.8, 4) is 11.1 Å². The largest absolute Gasteiger partial charge is 0.456 e. The summed E-state index contributed by atoms with van der Waals surface area (Å²) in [6, 6.07) is 71.4. The highest BCUT2D eigenvalue weighted by molar-refractivity contribution is 7.26. The first kappa shape index (κ1) is 37.2. The standard InChI is InChI=1S/C59H42BN2OS/c1-58(2,3)36-29-31-39(32-30-36)61-55-43(34-33-41-40-21-11-15-28-51(40)64-57(41)55)53-52-42-22-10-14-27-49(42)63-50(52)35-48-54(53)60-46-25-16-24-45-56(46)62(48)47-26-13-12-23-44(47)59(45,37-17-6-4-7-18-37)38-19-8-5-9-20-38/h4-35,61H,1-3H3. The first-order valence-corrected chi connectivity index (χ1v) is 23.0. The number of hydrogen-bond donors (Lipinski definition) is 1. The Morgan fingerprint density at radius 2 is 1.25 bits per heavy atom. The highest BCUT2D eigenvalue weighted by Crippen LogP contribution is 2.58. The molecule has 2 aliphatic rings. The van der Waals surface area contributed by atoms with Crippen LogP contribution in [0.2, 0.25) is 0 Å². The zero-order chi connectivity index (χ0) is 42.7. The molecule has 0 unspecified atom stereocenters. The third-order valence-corrected chi connectivity index (χ3v) is 14.9. The van der Waals surface area contributed by atoms with Crippen molar-refractivity contribution in [2.24, 2.45) is 0 Å². The lowest BCUT2D eigenvalue weighted by molar-refractivity contribution is 0.590. The maximum atomic E-state index is 6.96. The number of rotatable bonds is 5. The van der Waals surface area contributed by atoms with Gasteiger partial charge in [0.05, 0.1) is 21.5 Å². The topological polar surface area (TPSA) is 28.4 Å². The van der Waals surface area contributed by atoms with Gasteiger partial charge in [-0.3, -0.25) is 0 Å². The van der Waals surface area contributed by atoms with Crippen molar-refractivity contribution in [3.63, 3.8) is 0 Å². The van der Waals surface area contributed by atoms with E-state index in [1.165, 1.54) is 59.1 Å². The maximum absolute atomic E-state index is 6.96. The second-order valence-electron chi connectivity index (χ2n) is 18.3. The molecule has 2 aromatic heterocycles. The van der Waals surface area contributed by atoms with E-state index in [-0.39, 0.29) is 5.41 Å². The second kappa shape index (κ2) is 13.8. The van der Waals surface area contributed by atoms with E-state index in [0.29, 0.717) is 0 Å². The Labute approximate surface area is 377 Å². The molecule has 0 aliphatic carbocycles. The van der Waals surface area contributed by atoms with Gasteiger partial charge >= 0.3 is 0 Å². The third kappa shape index (κ3) is 5.28. The summed E-state index contributed by atoms with van der Waals surface area (Å²) in [5.41, 5.74) is 17.7. The monoisotopic (exact) mass is 837 g/mol. The van der Waals surface area contributed by atoms with Crippen LogP contribution in [0.3, 0.4) is 0 Å². The Morgan fingerprint density at radius 1 is 0.578 bits per heavy atom. The average Bonchev–Trinajstić information content (AvgIpc) is 3.90. The van der Waals surface area contributed by atoms with Crippen molar-refractivity contribution in [3.05, 3.63) is 222 Å². The smallest absolute Gasteiger partial charge is 0.197 e. The molecule has 0 bridgehead atoms. The number of hydrogen-bond acceptors (Lipinski definition) is 4. The van der Waals surface area contributed by atoms with E-state index in [2.05, 4.69) is 232 Å². The zero-order valence-corrected chi connectivity index (χ0v) is 36.6. The molecule has 0 atom stereocenters. The molecule has 0 fully saturated rings. The van der Waals surface area contributed by atoms with E-state index < -0.39 is 5.41 Å². The summed E-state index contributed by atoms with van der Waals surface area (Å²) in [5, 5.41) is 8.78. The summed E-state index contributed by atoms with van der Waals surface area (Å²) in [4.78, 5) is 2.53. The molecular formula is C59H42BN2OS. The highest BCUT2D eigenvalue weighted by atomic mass is 32.1. The lowest BCUT2D eigenvalue weighted by Gasteiger charge is -2.49. The number of furan rings is 1. The van der Waals surface area contributed by atoms with Gasteiger partial charge in [-0.2, -0.15) is 0 Å². The third-order valence-electron chi connectivity index (χ3n) is 13.7. The maximum Gasteiger partial charge on any atom is 0.197 e. The predicted octanol–water partition coefficient (Wildman–Crippen LogP) is 14.8. The van der Waals surface area contributed by atoms with E-state index in [9.17, 15) is 0 Å². The first-order valence-electron chi connectivity index (χ1n) is 22.2. The van der Waals surface area contributed by atoms with Crippen LogP contribution in [-0.2, 0) is 10.8 Å². The molecule has 13 rings (SSSR count). The number of fused-ring (bicyclic) bond motifs is 10. The SMILES string of the molecule is CC(C)(C)c1ccc(Nc2c(-c3c4c(cc5oc6ccccc6c35)N3c5ccccc5C(c5ccccc5)(c5ccccc5)c5cccc(c53)[B]4)ccc3c2sc2ccccc23)cc1. The average molecular weight is 838 g/mol. The van der Waals surface area contributed by atoms with Crippen LogP contribution in [0, 0.1) is 0 Å². The fraction of sp³-hybridized carbons (Fsp3) is 0.0847. The van der Waals surface area contributed by atoms with Gasteiger partial charge in [-0.1, -0.05) is 184 Å². The Bertz CT molecular complexity index is 3620. The minimum absolute atomic E-state index is 0.0488. The molecule has 9 aromatic carbocycles. The van der Waals surface area contributed by atoms with Crippen molar-refractivity contribution in [1.82, 2.24) is 0 Å². The van der Waals surface area contributed by atoms with E-state index in [0.717, 1.165) is 61.3 Å². The van der Waals surface area contributed by atoms with Crippen LogP contribution in [0.1, 0.15) is 48.6 Å². The number of benzene rings is 9. The number of nitrogens with zero attached hydrogens (tertiary/aromatic N) is 1. The van der Waals surface area contributed by atoms with E-state index in [1.807, 2.05) is 11.3 Å². The molecule has 64 heavy (non-hydrogen) atoms. The van der Waals surface area contributed by atoms with Crippen molar-refractivity contribution < 1.29 is 4.42 Å². The van der Waals surface area contributed by atoms with Crippen LogP contribution in [0.25, 0.3) is 53.2 Å². The number of anilines is 5. The van der Waals surface area contributed by atoms with Crippen molar-refractivity contribution in [2.75, 3.05) is 10.2 Å². The van der Waals surface area contributed by atoms with Gasteiger partial charge in [0.15, 0.2) is 7.28 Å². The lowest BCUT2D eigenvalue weighted by atomic mass is 9.54. The fourth-order valence-electron chi connectivity index (χ4n) is 10.9. The Kier molecular flexibility index (Phi) is 8.05. The highest BCUT2D eigenvalue weighted by Gasteiger charge is 2.48. The zero-order valence-electron chi connectivity index (χ0n) is 35.8. The van der Waals surface area contributed by atoms with Gasteiger partial charge in [0.2, 0.25) is 0 Å². The first-order chi connectivity index (χ1) is 31.4. The van der Waals surface area contributed by atoms with E-state index in [1.54, 1.807) is 0 Å². The summed E-state index contributed by atoms with van der Waals surface area (Å²) < 4.78 is 9.46. The molecule has 303 valence electrons. The fourth-order valence-corrected chi connectivity index (χ4v) is 12.1. The normalized spacial score (nSPS) is 13.8. The van der Waals surface area contributed by atoms with Crippen LogP contribution in [-0.4, -0.2) is 7.28 Å². The molecule has 2 aliphatic heterocycles. The van der Waals surface area contributed by atoms with Crippen molar-refractivity contribution >= 4 is 100 Å². The van der Waals surface area contributed by atoms with Crippen LogP contribution in [0.4, 0.5) is 28.4 Å². The summed E-state index contributed by atoms with van der Waals surface area (Å²) in [7, 11) is 2.45. The molecule has 0 amide bonds. The van der Waals surface area contributed by atoms with Gasteiger partial charge in [-0.05, 0) is 74.6 Å². The van der Waals surface area contributed by atoms with Crippen LogP contribution in [0.5, 0.6) is 0 Å². The molecule has 11 aromatic rings. The molecule has 4 heterocycles. The van der Waals surface area contributed by atoms with Gasteiger partial charge in [0.25, 0.3) is 0 Å². The van der Waals surface area contributed by atoms with Crippen molar-refractivity contribution in [1.29, 1.82) is 0 Å². The van der Waals surface area contributed by atoms with Crippen LogP contribution < -0.4 is 21.1 Å². The van der Waals surface area contributed by atoms with Crippen LogP contribution >= 0.6 is 11.3 Å². The Morgan fingerprint density at radius 3 is 2.02 bits per heavy atom. The van der Waals surface area contributed by atoms with Gasteiger partial charge in [0, 0.05) is 54.9 Å². The molecule has 3 nitrogen and oxygen atoms in total. The summed E-state index contributed by atoms with van der Waals surface area (Å²) in [6.45, 7) is 6.81. The number of para-hydroxylation sites is 3. The summed E-state index contributed by atoms with van der Waals surface area (Å²) in [6.07, 6.45) is 0. The minimum atomic E-state index is -0.565. The molecule has 5 heteroatoms. The lowest BCUT2D eigenvalue weighted by Crippen LogP contribution is -2.47. The quantitative estimate of drug-likeness (QED) is 0.175. The molecule has 1 N–H and O–H groups in total. The second-order valence-corrected chi connectivity index (χ2v) is 19.3. The molecule has 0 saturated heterocycles. The van der Waals surface area contributed by atoms with E-state index >= 15 is 0 Å². The minimum Gasteiger partial charge on any atom is -0.456 e. The summed E-state index contributed by atoms with van der Waals surface area (Å²) in [5.74, 6) is 0. The Hall–Kier alpha value is -7.34.